The fourth-order valence-corrected chi connectivity index (χ4v) is 2.60. The van der Waals surface area contributed by atoms with Gasteiger partial charge in [-0.1, -0.05) is 25.7 Å². The Morgan fingerprint density at radius 1 is 1.15 bits per heavy atom. The maximum absolute atomic E-state index is 11.6. The summed E-state index contributed by atoms with van der Waals surface area (Å²) < 4.78 is 4.89. The lowest BCUT2D eigenvalue weighted by molar-refractivity contribution is -0.149. The van der Waals surface area contributed by atoms with E-state index in [4.69, 9.17) is 4.74 Å². The van der Waals surface area contributed by atoms with Gasteiger partial charge in [0.1, 0.15) is 0 Å². The van der Waals surface area contributed by atoms with E-state index in [1.807, 2.05) is 0 Å². The largest absolute Gasteiger partial charge is 0.481 e. The van der Waals surface area contributed by atoms with Crippen LogP contribution in [0.5, 0.6) is 0 Å². The van der Waals surface area contributed by atoms with Crippen LogP contribution in [0, 0.1) is 5.41 Å². The first kappa shape index (κ1) is 16.8. The molecule has 0 heterocycles. The summed E-state index contributed by atoms with van der Waals surface area (Å²) in [6.07, 6.45) is 6.04. The standard InChI is InChI=1S/C14H26N2O4/c1-20-10-6-9-15-13(19)16-11-14(12(17)18)7-4-2-3-5-8-14/h2-11H2,1H3,(H,17,18)(H2,15,16,19). The highest BCUT2D eigenvalue weighted by atomic mass is 16.5. The van der Waals surface area contributed by atoms with Gasteiger partial charge in [0.05, 0.1) is 5.41 Å². The van der Waals surface area contributed by atoms with E-state index in [9.17, 15) is 14.7 Å². The maximum Gasteiger partial charge on any atom is 0.314 e. The lowest BCUT2D eigenvalue weighted by Crippen LogP contribution is -2.46. The van der Waals surface area contributed by atoms with Crippen molar-refractivity contribution in [1.29, 1.82) is 0 Å². The van der Waals surface area contributed by atoms with Gasteiger partial charge in [-0.2, -0.15) is 0 Å². The highest BCUT2D eigenvalue weighted by Crippen LogP contribution is 2.34. The predicted octanol–water partition coefficient (Wildman–Crippen LogP) is 1.75. The van der Waals surface area contributed by atoms with Gasteiger partial charge in [-0.3, -0.25) is 4.79 Å². The summed E-state index contributed by atoms with van der Waals surface area (Å²) in [4.78, 5) is 23.2. The number of carbonyl (C=O) groups excluding carboxylic acids is 1. The molecule has 1 rings (SSSR count). The van der Waals surface area contributed by atoms with Crippen molar-refractivity contribution < 1.29 is 19.4 Å². The molecule has 2 amide bonds. The summed E-state index contributed by atoms with van der Waals surface area (Å²) in [5, 5.41) is 14.9. The molecule has 20 heavy (non-hydrogen) atoms. The zero-order valence-corrected chi connectivity index (χ0v) is 12.2. The van der Waals surface area contributed by atoms with Crippen LogP contribution in [0.3, 0.4) is 0 Å². The highest BCUT2D eigenvalue weighted by molar-refractivity contribution is 5.78. The first-order chi connectivity index (χ1) is 9.60. The van der Waals surface area contributed by atoms with Crippen LogP contribution in [0.25, 0.3) is 0 Å². The van der Waals surface area contributed by atoms with E-state index < -0.39 is 11.4 Å². The lowest BCUT2D eigenvalue weighted by atomic mass is 9.80. The molecule has 0 atom stereocenters. The van der Waals surface area contributed by atoms with Crippen LogP contribution in [0.1, 0.15) is 44.9 Å². The number of methoxy groups -OCH3 is 1. The van der Waals surface area contributed by atoms with Crippen molar-refractivity contribution in [2.45, 2.75) is 44.9 Å². The SMILES string of the molecule is COCCCNC(=O)NCC1(C(=O)O)CCCCCC1. The van der Waals surface area contributed by atoms with Gasteiger partial charge in [0.25, 0.3) is 0 Å². The minimum Gasteiger partial charge on any atom is -0.481 e. The van der Waals surface area contributed by atoms with Gasteiger partial charge >= 0.3 is 12.0 Å². The first-order valence-corrected chi connectivity index (χ1v) is 7.35. The number of hydrogen-bond acceptors (Lipinski definition) is 3. The molecule has 6 heteroatoms. The third kappa shape index (κ3) is 5.36. The Bertz CT molecular complexity index is 312. The number of hydrogen-bond donors (Lipinski definition) is 3. The fourth-order valence-electron chi connectivity index (χ4n) is 2.60. The second-order valence-electron chi connectivity index (χ2n) is 5.46. The zero-order chi connectivity index (χ0) is 14.8. The van der Waals surface area contributed by atoms with Gasteiger partial charge in [-0.05, 0) is 19.3 Å². The number of rotatable bonds is 7. The van der Waals surface area contributed by atoms with Crippen LogP contribution in [-0.2, 0) is 9.53 Å². The number of carboxylic acids is 1. The topological polar surface area (TPSA) is 87.7 Å². The van der Waals surface area contributed by atoms with Crippen molar-refractivity contribution in [1.82, 2.24) is 10.6 Å². The van der Waals surface area contributed by atoms with Gasteiger partial charge in [0.15, 0.2) is 0 Å². The third-order valence-electron chi connectivity index (χ3n) is 3.91. The van der Waals surface area contributed by atoms with Crippen LogP contribution in [0.4, 0.5) is 4.79 Å². The Hall–Kier alpha value is -1.30. The molecule has 0 aliphatic heterocycles. The molecule has 0 aromatic rings. The Kier molecular flexibility index (Phi) is 7.36. The zero-order valence-electron chi connectivity index (χ0n) is 12.2. The highest BCUT2D eigenvalue weighted by Gasteiger charge is 2.38. The summed E-state index contributed by atoms with van der Waals surface area (Å²) in [6, 6.07) is -0.300. The second-order valence-corrected chi connectivity index (χ2v) is 5.46. The second kappa shape index (κ2) is 8.79. The number of nitrogens with one attached hydrogen (secondary N) is 2. The molecule has 0 spiro atoms. The Labute approximate surface area is 120 Å². The third-order valence-corrected chi connectivity index (χ3v) is 3.91. The molecule has 0 aromatic carbocycles. The van der Waals surface area contributed by atoms with Gasteiger partial charge in [-0.15, -0.1) is 0 Å². The van der Waals surface area contributed by atoms with Crippen molar-refractivity contribution in [3.63, 3.8) is 0 Å². The van der Waals surface area contributed by atoms with Gasteiger partial charge in [0, 0.05) is 26.8 Å². The molecule has 1 saturated carbocycles. The lowest BCUT2D eigenvalue weighted by Gasteiger charge is -2.28. The van der Waals surface area contributed by atoms with Gasteiger partial charge in [0.2, 0.25) is 0 Å². The smallest absolute Gasteiger partial charge is 0.314 e. The molecule has 1 aliphatic rings. The molecule has 116 valence electrons. The monoisotopic (exact) mass is 286 g/mol. The van der Waals surface area contributed by atoms with E-state index in [1.165, 1.54) is 0 Å². The summed E-state index contributed by atoms with van der Waals surface area (Å²) in [7, 11) is 1.61. The van der Waals surface area contributed by atoms with Crippen LogP contribution >= 0.6 is 0 Å². The summed E-state index contributed by atoms with van der Waals surface area (Å²) in [5.74, 6) is -0.793. The van der Waals surface area contributed by atoms with Crippen LogP contribution in [-0.4, -0.2) is 43.9 Å². The molecular weight excluding hydrogens is 260 g/mol. The molecule has 3 N–H and O–H groups in total. The fraction of sp³-hybridized carbons (Fsp3) is 0.857. The summed E-state index contributed by atoms with van der Waals surface area (Å²) >= 11 is 0. The predicted molar refractivity (Wildman–Crippen MR) is 75.7 cm³/mol. The Morgan fingerprint density at radius 2 is 1.80 bits per heavy atom. The molecule has 1 aliphatic carbocycles. The van der Waals surface area contributed by atoms with E-state index in [-0.39, 0.29) is 12.6 Å². The van der Waals surface area contributed by atoms with Crippen molar-refractivity contribution in [3.05, 3.63) is 0 Å². The van der Waals surface area contributed by atoms with Crippen LogP contribution in [0.15, 0.2) is 0 Å². The van der Waals surface area contributed by atoms with Gasteiger partial charge < -0.3 is 20.5 Å². The molecule has 6 nitrogen and oxygen atoms in total. The molecular formula is C14H26N2O4. The number of carbonyl (C=O) groups is 2. The minimum atomic E-state index is -0.793. The van der Waals surface area contributed by atoms with Crippen LogP contribution < -0.4 is 10.6 Å². The number of carboxylic acid groups (broad SMARTS) is 1. The molecule has 0 radical (unpaired) electrons. The maximum atomic E-state index is 11.6. The number of amides is 2. The first-order valence-electron chi connectivity index (χ1n) is 7.35. The number of ether oxygens (including phenoxy) is 1. The summed E-state index contributed by atoms with van der Waals surface area (Å²) in [5.41, 5.74) is -0.791. The van der Waals surface area contributed by atoms with E-state index in [0.717, 1.165) is 32.1 Å². The Morgan fingerprint density at radius 3 is 2.35 bits per heavy atom. The van der Waals surface area contributed by atoms with Crippen molar-refractivity contribution in [3.8, 4) is 0 Å². The average Bonchev–Trinajstić information content (AvgIpc) is 2.68. The quantitative estimate of drug-likeness (QED) is 0.491. The number of urea groups is 1. The van der Waals surface area contributed by atoms with Crippen molar-refractivity contribution >= 4 is 12.0 Å². The normalized spacial score (nSPS) is 18.1. The molecule has 0 aromatic heterocycles. The van der Waals surface area contributed by atoms with Gasteiger partial charge in [-0.25, -0.2) is 4.79 Å². The van der Waals surface area contributed by atoms with E-state index in [0.29, 0.717) is 26.0 Å². The minimum absolute atomic E-state index is 0.207. The molecule has 0 saturated heterocycles. The van der Waals surface area contributed by atoms with Crippen molar-refractivity contribution in [2.24, 2.45) is 5.41 Å². The average molecular weight is 286 g/mol. The number of aliphatic carboxylic acids is 1. The molecule has 0 bridgehead atoms. The summed E-state index contributed by atoms with van der Waals surface area (Å²) in [6.45, 7) is 1.33. The van der Waals surface area contributed by atoms with E-state index >= 15 is 0 Å². The Balaban J connectivity index is 2.38. The van der Waals surface area contributed by atoms with E-state index in [2.05, 4.69) is 10.6 Å². The van der Waals surface area contributed by atoms with Crippen LogP contribution in [0.2, 0.25) is 0 Å². The molecule has 0 unspecified atom stereocenters. The van der Waals surface area contributed by atoms with Crippen molar-refractivity contribution in [2.75, 3.05) is 26.8 Å². The molecule has 1 fully saturated rings. The van der Waals surface area contributed by atoms with E-state index in [1.54, 1.807) is 7.11 Å².